The van der Waals surface area contributed by atoms with E-state index in [-0.39, 0.29) is 5.75 Å². The van der Waals surface area contributed by atoms with Gasteiger partial charge in [0.2, 0.25) is 0 Å². The molecule has 0 saturated carbocycles. The molecule has 1 rings (SSSR count). The van der Waals surface area contributed by atoms with Gasteiger partial charge in [0.25, 0.3) is 0 Å². The third kappa shape index (κ3) is 1.90. The van der Waals surface area contributed by atoms with Gasteiger partial charge in [0.05, 0.1) is 0 Å². The highest BCUT2D eigenvalue weighted by atomic mass is 16.3. The zero-order valence-corrected chi connectivity index (χ0v) is 7.91. The topological polar surface area (TPSA) is 40.5 Å². The lowest BCUT2D eigenvalue weighted by Crippen LogP contribution is -2.21. The van der Waals surface area contributed by atoms with E-state index in [1.165, 1.54) is 0 Å². The highest BCUT2D eigenvalue weighted by molar-refractivity contribution is 5.33. The molecule has 2 nitrogen and oxygen atoms in total. The van der Waals surface area contributed by atoms with Crippen LogP contribution in [-0.4, -0.2) is 10.2 Å². The molecule has 0 bridgehead atoms. The first-order valence-corrected chi connectivity index (χ1v) is 4.12. The van der Waals surface area contributed by atoms with Crippen LogP contribution in [0.25, 0.3) is 0 Å². The maximum atomic E-state index is 9.97. The molecule has 0 heterocycles. The van der Waals surface area contributed by atoms with Crippen molar-refractivity contribution in [2.45, 2.75) is 19.4 Å². The molecule has 70 valence electrons. The maximum Gasteiger partial charge on any atom is 0.115 e. The van der Waals surface area contributed by atoms with Gasteiger partial charge in [-0.15, -0.1) is 0 Å². The van der Waals surface area contributed by atoms with E-state index >= 15 is 0 Å². The van der Waals surface area contributed by atoms with Crippen molar-refractivity contribution in [3.63, 3.8) is 0 Å². The summed E-state index contributed by atoms with van der Waals surface area (Å²) >= 11 is 0. The van der Waals surface area contributed by atoms with E-state index in [9.17, 15) is 5.11 Å². The molecule has 0 radical (unpaired) electrons. The molecule has 0 aliphatic carbocycles. The molecule has 0 aliphatic rings. The lowest BCUT2D eigenvalue weighted by Gasteiger charge is -2.24. The van der Waals surface area contributed by atoms with E-state index in [2.05, 4.69) is 6.58 Å². The predicted octanol–water partition coefficient (Wildman–Crippen LogP) is 2.18. The Kier molecular flexibility index (Phi) is 2.43. The predicted molar refractivity (Wildman–Crippen MR) is 52.5 cm³/mol. The van der Waals surface area contributed by atoms with Crippen molar-refractivity contribution >= 4 is 0 Å². The standard InChI is InChI=1S/C11H14O2/c1-8(2)11(3,13)9-4-6-10(12)7-5-9/h4-7,12-13H,1H2,2-3H3. The summed E-state index contributed by atoms with van der Waals surface area (Å²) in [6.45, 7) is 7.17. The van der Waals surface area contributed by atoms with Crippen molar-refractivity contribution in [3.05, 3.63) is 42.0 Å². The Labute approximate surface area is 78.2 Å². The van der Waals surface area contributed by atoms with Crippen molar-refractivity contribution in [3.8, 4) is 5.75 Å². The lowest BCUT2D eigenvalue weighted by molar-refractivity contribution is 0.0980. The molecule has 2 heteroatoms. The third-order valence-electron chi connectivity index (χ3n) is 2.26. The minimum atomic E-state index is -1.02. The molecule has 1 aromatic rings. The van der Waals surface area contributed by atoms with E-state index in [0.29, 0.717) is 5.57 Å². The SMILES string of the molecule is C=C(C)C(C)(O)c1ccc(O)cc1. The fourth-order valence-electron chi connectivity index (χ4n) is 1.03. The number of aliphatic hydroxyl groups is 1. The van der Waals surface area contributed by atoms with Gasteiger partial charge in [-0.05, 0) is 37.1 Å². The maximum absolute atomic E-state index is 9.97. The van der Waals surface area contributed by atoms with E-state index in [1.807, 2.05) is 0 Å². The summed E-state index contributed by atoms with van der Waals surface area (Å²) in [6, 6.07) is 6.47. The molecular weight excluding hydrogens is 164 g/mol. The summed E-state index contributed by atoms with van der Waals surface area (Å²) in [5.74, 6) is 0.196. The van der Waals surface area contributed by atoms with Gasteiger partial charge in [-0.1, -0.05) is 18.7 Å². The number of rotatable bonds is 2. The Morgan fingerprint density at radius 2 is 1.77 bits per heavy atom. The van der Waals surface area contributed by atoms with E-state index in [0.717, 1.165) is 5.56 Å². The van der Waals surface area contributed by atoms with Crippen LogP contribution in [0.15, 0.2) is 36.4 Å². The molecule has 0 aliphatic heterocycles. The van der Waals surface area contributed by atoms with Crippen LogP contribution in [-0.2, 0) is 5.60 Å². The van der Waals surface area contributed by atoms with Crippen LogP contribution >= 0.6 is 0 Å². The Balaban J connectivity index is 3.08. The van der Waals surface area contributed by atoms with Gasteiger partial charge in [-0.2, -0.15) is 0 Å². The highest BCUT2D eigenvalue weighted by Gasteiger charge is 2.23. The average Bonchev–Trinajstić information content (AvgIpc) is 2.04. The minimum absolute atomic E-state index is 0.196. The number of phenols is 1. The summed E-state index contributed by atoms with van der Waals surface area (Å²) < 4.78 is 0. The van der Waals surface area contributed by atoms with E-state index in [4.69, 9.17) is 5.11 Å². The fourth-order valence-corrected chi connectivity index (χ4v) is 1.03. The molecule has 1 atom stereocenters. The first kappa shape index (κ1) is 9.81. The van der Waals surface area contributed by atoms with Crippen LogP contribution in [0.5, 0.6) is 5.75 Å². The molecule has 0 saturated heterocycles. The Bertz CT molecular complexity index is 309. The zero-order valence-electron chi connectivity index (χ0n) is 7.91. The summed E-state index contributed by atoms with van der Waals surface area (Å²) in [5, 5.41) is 19.0. The number of phenolic OH excluding ortho intramolecular Hbond substituents is 1. The molecule has 1 unspecified atom stereocenters. The van der Waals surface area contributed by atoms with Gasteiger partial charge in [0.1, 0.15) is 11.4 Å². The fraction of sp³-hybridized carbons (Fsp3) is 0.273. The zero-order chi connectivity index (χ0) is 10.1. The molecular formula is C11H14O2. The molecule has 2 N–H and O–H groups in total. The molecule has 0 spiro atoms. The van der Waals surface area contributed by atoms with Gasteiger partial charge >= 0.3 is 0 Å². The van der Waals surface area contributed by atoms with Crippen LogP contribution in [0, 0.1) is 0 Å². The second-order valence-electron chi connectivity index (χ2n) is 3.40. The van der Waals surface area contributed by atoms with E-state index in [1.54, 1.807) is 38.1 Å². The second kappa shape index (κ2) is 3.23. The average molecular weight is 178 g/mol. The van der Waals surface area contributed by atoms with Crippen molar-refractivity contribution in [2.75, 3.05) is 0 Å². The molecule has 0 aromatic heterocycles. The van der Waals surface area contributed by atoms with Crippen molar-refractivity contribution < 1.29 is 10.2 Å². The number of hydrogen-bond acceptors (Lipinski definition) is 2. The van der Waals surface area contributed by atoms with Crippen LogP contribution < -0.4 is 0 Å². The lowest BCUT2D eigenvalue weighted by atomic mass is 9.90. The monoisotopic (exact) mass is 178 g/mol. The van der Waals surface area contributed by atoms with E-state index < -0.39 is 5.60 Å². The first-order chi connectivity index (χ1) is 5.94. The molecule has 0 amide bonds. The van der Waals surface area contributed by atoms with Gasteiger partial charge in [0.15, 0.2) is 0 Å². The van der Waals surface area contributed by atoms with Gasteiger partial charge < -0.3 is 10.2 Å². The van der Waals surface area contributed by atoms with Gasteiger partial charge in [-0.3, -0.25) is 0 Å². The minimum Gasteiger partial charge on any atom is -0.508 e. The Hall–Kier alpha value is -1.28. The quantitative estimate of drug-likeness (QED) is 0.681. The van der Waals surface area contributed by atoms with Crippen molar-refractivity contribution in [2.24, 2.45) is 0 Å². The first-order valence-electron chi connectivity index (χ1n) is 4.12. The molecule has 0 fully saturated rings. The summed E-state index contributed by atoms with van der Waals surface area (Å²) in [5.41, 5.74) is 0.393. The van der Waals surface area contributed by atoms with Crippen LogP contribution in [0.3, 0.4) is 0 Å². The summed E-state index contributed by atoms with van der Waals surface area (Å²) in [4.78, 5) is 0. The summed E-state index contributed by atoms with van der Waals surface area (Å²) in [6.07, 6.45) is 0. The largest absolute Gasteiger partial charge is 0.508 e. The van der Waals surface area contributed by atoms with Crippen molar-refractivity contribution in [1.29, 1.82) is 0 Å². The Morgan fingerprint density at radius 3 is 2.15 bits per heavy atom. The van der Waals surface area contributed by atoms with Crippen LogP contribution in [0.1, 0.15) is 19.4 Å². The van der Waals surface area contributed by atoms with Gasteiger partial charge in [-0.25, -0.2) is 0 Å². The third-order valence-corrected chi connectivity index (χ3v) is 2.26. The number of benzene rings is 1. The normalized spacial score (nSPS) is 15.0. The highest BCUT2D eigenvalue weighted by Crippen LogP contribution is 2.28. The molecule has 13 heavy (non-hydrogen) atoms. The Morgan fingerprint density at radius 1 is 1.31 bits per heavy atom. The summed E-state index contributed by atoms with van der Waals surface area (Å²) in [7, 11) is 0. The van der Waals surface area contributed by atoms with Crippen LogP contribution in [0.4, 0.5) is 0 Å². The number of aromatic hydroxyl groups is 1. The smallest absolute Gasteiger partial charge is 0.115 e. The van der Waals surface area contributed by atoms with Gasteiger partial charge in [0, 0.05) is 0 Å². The van der Waals surface area contributed by atoms with Crippen molar-refractivity contribution in [1.82, 2.24) is 0 Å². The van der Waals surface area contributed by atoms with Crippen LogP contribution in [0.2, 0.25) is 0 Å². The molecule has 1 aromatic carbocycles. The second-order valence-corrected chi connectivity index (χ2v) is 3.40. The number of hydrogen-bond donors (Lipinski definition) is 2.